The van der Waals surface area contributed by atoms with Crippen molar-refractivity contribution >= 4 is 22.6 Å². The zero-order valence-electron chi connectivity index (χ0n) is 4.84. The van der Waals surface area contributed by atoms with Crippen LogP contribution in [0.3, 0.4) is 0 Å². The number of halogens is 1. The molecule has 1 aromatic rings. The summed E-state index contributed by atoms with van der Waals surface area (Å²) >= 11 is 2.20. The van der Waals surface area contributed by atoms with E-state index in [9.17, 15) is 0 Å². The Bertz CT molecular complexity index is 198. The molecule has 0 amide bonds. The highest BCUT2D eigenvalue weighted by Gasteiger charge is 1.92. The van der Waals surface area contributed by atoms with E-state index in [1.165, 1.54) is 0 Å². The number of hydrogen-bond acceptors (Lipinski definition) is 1. The fourth-order valence-corrected chi connectivity index (χ4v) is 1.18. The van der Waals surface area contributed by atoms with Crippen LogP contribution in [-0.2, 0) is 6.61 Å². The second-order valence-electron chi connectivity index (χ2n) is 1.75. The summed E-state index contributed by atoms with van der Waals surface area (Å²) in [5, 5.41) is 8.71. The predicted octanol–water partition coefficient (Wildman–Crippen LogP) is 1.78. The summed E-state index contributed by atoms with van der Waals surface area (Å²) in [4.78, 5) is 0. The van der Waals surface area contributed by atoms with Gasteiger partial charge < -0.3 is 5.11 Å². The molecule has 9 heavy (non-hydrogen) atoms. The second-order valence-corrected chi connectivity index (χ2v) is 2.91. The minimum Gasteiger partial charge on any atom is -0.392 e. The van der Waals surface area contributed by atoms with E-state index in [0.29, 0.717) is 0 Å². The maximum Gasteiger partial charge on any atom is 0.0692 e. The summed E-state index contributed by atoms with van der Waals surface area (Å²) in [5.74, 6) is 0. The molecule has 1 rings (SSSR count). The van der Waals surface area contributed by atoms with E-state index in [2.05, 4.69) is 22.6 Å². The van der Waals surface area contributed by atoms with Crippen molar-refractivity contribution in [2.45, 2.75) is 6.61 Å². The molecule has 0 saturated carbocycles. The van der Waals surface area contributed by atoms with E-state index in [1.807, 2.05) is 24.3 Å². The van der Waals surface area contributed by atoms with E-state index in [1.54, 1.807) is 0 Å². The Kier molecular flexibility index (Phi) is 2.48. The van der Waals surface area contributed by atoms with Crippen LogP contribution in [0.2, 0.25) is 0 Å². The van der Waals surface area contributed by atoms with Crippen molar-refractivity contribution in [1.82, 2.24) is 0 Å². The van der Waals surface area contributed by atoms with E-state index in [0.717, 1.165) is 9.13 Å². The van der Waals surface area contributed by atoms with Crippen LogP contribution >= 0.6 is 22.6 Å². The molecule has 0 saturated heterocycles. The van der Waals surface area contributed by atoms with Gasteiger partial charge >= 0.3 is 0 Å². The molecular formula is C7H7IO. The van der Waals surface area contributed by atoms with E-state index in [-0.39, 0.29) is 6.61 Å². The Hall–Kier alpha value is -0.0900. The number of rotatable bonds is 1. The van der Waals surface area contributed by atoms with Gasteiger partial charge in [-0.05, 0) is 34.2 Å². The van der Waals surface area contributed by atoms with Crippen molar-refractivity contribution in [3.8, 4) is 0 Å². The Balaban J connectivity index is 3.01. The average molecular weight is 238 g/mol. The third-order valence-corrected chi connectivity index (χ3v) is 2.18. The predicted molar refractivity (Wildman–Crippen MR) is 45.1 cm³/mol. The second kappa shape index (κ2) is 3.17. The third kappa shape index (κ3) is 1.66. The summed E-state index contributed by atoms with van der Waals surface area (Å²) in [6.07, 6.45) is 0. The first-order valence-electron chi connectivity index (χ1n) is 2.69. The highest BCUT2D eigenvalue weighted by molar-refractivity contribution is 14.1. The summed E-state index contributed by atoms with van der Waals surface area (Å²) in [7, 11) is 0. The maximum atomic E-state index is 8.71. The Morgan fingerprint density at radius 1 is 1.33 bits per heavy atom. The maximum absolute atomic E-state index is 8.71. The summed E-state index contributed by atoms with van der Waals surface area (Å²) < 4.78 is 1.12. The molecule has 0 aromatic heterocycles. The largest absolute Gasteiger partial charge is 0.392 e. The van der Waals surface area contributed by atoms with Gasteiger partial charge in [0.05, 0.1) is 6.61 Å². The fraction of sp³-hybridized carbons (Fsp3) is 0.143. The molecule has 0 fully saturated rings. The molecule has 0 bridgehead atoms. The van der Waals surface area contributed by atoms with Gasteiger partial charge in [0.2, 0.25) is 0 Å². The molecule has 1 N–H and O–H groups in total. The van der Waals surface area contributed by atoms with Gasteiger partial charge in [-0.15, -0.1) is 0 Å². The van der Waals surface area contributed by atoms with Crippen LogP contribution in [0, 0.1) is 3.57 Å². The average Bonchev–Trinajstić information content (AvgIpc) is 1.89. The third-order valence-electron chi connectivity index (χ3n) is 1.13. The molecule has 0 aliphatic carbocycles. The van der Waals surface area contributed by atoms with Crippen molar-refractivity contribution in [3.63, 3.8) is 0 Å². The van der Waals surface area contributed by atoms with Gasteiger partial charge in [-0.1, -0.05) is 18.2 Å². The van der Waals surface area contributed by atoms with E-state index < -0.39 is 0 Å². The van der Waals surface area contributed by atoms with Crippen molar-refractivity contribution in [2.75, 3.05) is 0 Å². The van der Waals surface area contributed by atoms with Crippen molar-refractivity contribution in [1.29, 1.82) is 0 Å². The van der Waals surface area contributed by atoms with Crippen LogP contribution in [-0.4, -0.2) is 5.11 Å². The summed E-state index contributed by atoms with van der Waals surface area (Å²) in [5.41, 5.74) is 0.998. The number of hydrogen-bond donors (Lipinski definition) is 1. The first kappa shape index (κ1) is 7.02. The zero-order chi connectivity index (χ0) is 6.69. The molecule has 2 heteroatoms. The minimum atomic E-state index is 0.138. The highest BCUT2D eigenvalue weighted by Crippen LogP contribution is 2.10. The molecule has 0 heterocycles. The number of aliphatic hydroxyl groups is 1. The SMILES string of the molecule is OCc1ccccc1[131I]. The monoisotopic (exact) mass is 238 g/mol. The van der Waals surface area contributed by atoms with Gasteiger partial charge in [-0.25, -0.2) is 0 Å². The lowest BCUT2D eigenvalue weighted by atomic mass is 10.2. The van der Waals surface area contributed by atoms with E-state index >= 15 is 0 Å². The molecule has 0 radical (unpaired) electrons. The van der Waals surface area contributed by atoms with Gasteiger partial charge in [0.1, 0.15) is 0 Å². The number of benzene rings is 1. The molecular weight excluding hydrogens is 231 g/mol. The van der Waals surface area contributed by atoms with Gasteiger partial charge in [0.15, 0.2) is 0 Å². The lowest BCUT2D eigenvalue weighted by Gasteiger charge is -1.96. The van der Waals surface area contributed by atoms with Gasteiger partial charge in [0, 0.05) is 3.57 Å². The summed E-state index contributed by atoms with van der Waals surface area (Å²) in [6, 6.07) is 7.78. The Morgan fingerprint density at radius 2 is 2.00 bits per heavy atom. The lowest BCUT2D eigenvalue weighted by molar-refractivity contribution is 0.281. The molecule has 48 valence electrons. The molecule has 0 spiro atoms. The lowest BCUT2D eigenvalue weighted by Crippen LogP contribution is -1.85. The smallest absolute Gasteiger partial charge is 0.0692 e. The molecule has 1 nitrogen and oxygen atoms in total. The van der Waals surface area contributed by atoms with Crippen LogP contribution in [0.5, 0.6) is 0 Å². The molecule has 0 atom stereocenters. The van der Waals surface area contributed by atoms with Crippen LogP contribution in [0.1, 0.15) is 5.56 Å². The van der Waals surface area contributed by atoms with E-state index in [4.69, 9.17) is 5.11 Å². The zero-order valence-corrected chi connectivity index (χ0v) is 7.00. The van der Waals surface area contributed by atoms with Crippen LogP contribution in [0.15, 0.2) is 24.3 Å². The number of aliphatic hydroxyl groups excluding tert-OH is 1. The Morgan fingerprint density at radius 3 is 2.44 bits per heavy atom. The fourth-order valence-electron chi connectivity index (χ4n) is 0.627. The quantitative estimate of drug-likeness (QED) is 0.739. The molecule has 0 unspecified atom stereocenters. The van der Waals surface area contributed by atoms with Gasteiger partial charge in [-0.3, -0.25) is 0 Å². The van der Waals surface area contributed by atoms with Crippen molar-refractivity contribution in [2.24, 2.45) is 0 Å². The van der Waals surface area contributed by atoms with Crippen molar-refractivity contribution in [3.05, 3.63) is 33.4 Å². The topological polar surface area (TPSA) is 20.2 Å². The van der Waals surface area contributed by atoms with Crippen LogP contribution in [0.4, 0.5) is 0 Å². The summed E-state index contributed by atoms with van der Waals surface area (Å²) in [6.45, 7) is 0.138. The van der Waals surface area contributed by atoms with Crippen LogP contribution in [0.25, 0.3) is 0 Å². The first-order chi connectivity index (χ1) is 4.34. The first-order valence-corrected chi connectivity index (χ1v) is 3.76. The molecule has 1 aromatic carbocycles. The standard InChI is InChI=1S/C7H7IO/c8-7-4-2-1-3-6(7)5-9/h1-4,9H,5H2/i8+4. The normalized spacial score (nSPS) is 9.56. The minimum absolute atomic E-state index is 0.138. The molecule has 0 aliphatic rings. The van der Waals surface area contributed by atoms with Crippen molar-refractivity contribution < 1.29 is 5.11 Å². The van der Waals surface area contributed by atoms with Gasteiger partial charge in [0.25, 0.3) is 0 Å². The highest BCUT2D eigenvalue weighted by atomic mass is 131. The Labute approximate surface area is 67.9 Å². The van der Waals surface area contributed by atoms with Crippen LogP contribution < -0.4 is 0 Å². The molecule has 0 aliphatic heterocycles. The van der Waals surface area contributed by atoms with Gasteiger partial charge in [-0.2, -0.15) is 0 Å².